The number of carbonyl (C=O) groups is 1. The second kappa shape index (κ2) is 10.3. The van der Waals surface area contributed by atoms with Crippen molar-refractivity contribution in [1.82, 2.24) is 14.9 Å². The molecule has 0 fully saturated rings. The van der Waals surface area contributed by atoms with Gasteiger partial charge >= 0.3 is 0 Å². The fraction of sp³-hybridized carbons (Fsp3) is 0.304. The van der Waals surface area contributed by atoms with Gasteiger partial charge in [0.15, 0.2) is 0 Å². The zero-order chi connectivity index (χ0) is 20.6. The van der Waals surface area contributed by atoms with Crippen molar-refractivity contribution in [2.75, 3.05) is 0 Å². The van der Waals surface area contributed by atoms with E-state index in [1.165, 1.54) is 12.1 Å². The molecule has 0 radical (unpaired) electrons. The van der Waals surface area contributed by atoms with E-state index < -0.39 is 5.25 Å². The minimum atomic E-state index is -0.532. The molecule has 1 amide bonds. The van der Waals surface area contributed by atoms with E-state index in [-0.39, 0.29) is 11.7 Å². The van der Waals surface area contributed by atoms with Gasteiger partial charge in [-0.15, -0.1) is 0 Å². The third kappa shape index (κ3) is 5.70. The lowest BCUT2D eigenvalue weighted by atomic mass is 10.1. The molecule has 0 aliphatic carbocycles. The number of hydrogen-bond acceptors (Lipinski definition) is 3. The molecule has 0 bridgehead atoms. The Bertz CT molecular complexity index is 942. The molecular formula is C23H26FN3OS. The van der Waals surface area contributed by atoms with Gasteiger partial charge in [-0.3, -0.25) is 4.79 Å². The standard InChI is InChI=1S/C23H26FN3OS/c1-2-3-12-21-25-14-20(27(21)16-17-8-7-11-19(24)13-17)15-26-23(28)22(29)18-9-5-4-6-10-18/h4-11,13-14,22,29H,2-3,12,15-16H2,1H3,(H,26,28). The maximum absolute atomic E-state index is 13.6. The van der Waals surface area contributed by atoms with E-state index in [0.717, 1.165) is 41.9 Å². The molecule has 1 N–H and O–H groups in total. The van der Waals surface area contributed by atoms with Gasteiger partial charge < -0.3 is 9.88 Å². The molecule has 1 heterocycles. The number of rotatable bonds is 9. The van der Waals surface area contributed by atoms with Gasteiger partial charge in [-0.1, -0.05) is 55.8 Å². The summed E-state index contributed by atoms with van der Waals surface area (Å²) < 4.78 is 15.7. The molecule has 1 aromatic heterocycles. The molecule has 0 aliphatic heterocycles. The minimum Gasteiger partial charge on any atom is -0.349 e. The first kappa shape index (κ1) is 21.1. The quantitative estimate of drug-likeness (QED) is 0.502. The van der Waals surface area contributed by atoms with Crippen LogP contribution >= 0.6 is 12.6 Å². The van der Waals surface area contributed by atoms with Gasteiger partial charge in [-0.2, -0.15) is 12.6 Å². The molecule has 4 nitrogen and oxygen atoms in total. The molecule has 29 heavy (non-hydrogen) atoms. The summed E-state index contributed by atoms with van der Waals surface area (Å²) in [6, 6.07) is 16.0. The van der Waals surface area contributed by atoms with Crippen molar-refractivity contribution >= 4 is 18.5 Å². The van der Waals surface area contributed by atoms with Crippen molar-refractivity contribution in [3.63, 3.8) is 0 Å². The van der Waals surface area contributed by atoms with E-state index in [2.05, 4.69) is 34.4 Å². The number of hydrogen-bond donors (Lipinski definition) is 2. The Morgan fingerprint density at radius 3 is 2.72 bits per heavy atom. The Hall–Kier alpha value is -2.60. The highest BCUT2D eigenvalue weighted by Gasteiger charge is 2.17. The highest BCUT2D eigenvalue weighted by molar-refractivity contribution is 7.81. The lowest BCUT2D eigenvalue weighted by Gasteiger charge is -2.15. The van der Waals surface area contributed by atoms with Crippen molar-refractivity contribution < 1.29 is 9.18 Å². The number of amides is 1. The second-order valence-electron chi connectivity index (χ2n) is 7.02. The van der Waals surface area contributed by atoms with E-state index >= 15 is 0 Å². The summed E-state index contributed by atoms with van der Waals surface area (Å²) in [7, 11) is 0. The topological polar surface area (TPSA) is 46.9 Å². The molecule has 0 saturated heterocycles. The van der Waals surface area contributed by atoms with Gasteiger partial charge in [0.2, 0.25) is 5.91 Å². The van der Waals surface area contributed by atoms with Gasteiger partial charge in [0.25, 0.3) is 0 Å². The molecule has 2 aromatic carbocycles. The lowest BCUT2D eigenvalue weighted by molar-refractivity contribution is -0.120. The van der Waals surface area contributed by atoms with E-state index in [1.54, 1.807) is 12.3 Å². The lowest BCUT2D eigenvalue weighted by Crippen LogP contribution is -2.28. The molecule has 6 heteroatoms. The fourth-order valence-electron chi connectivity index (χ4n) is 3.20. The third-order valence-electron chi connectivity index (χ3n) is 4.81. The summed E-state index contributed by atoms with van der Waals surface area (Å²) in [5.41, 5.74) is 2.61. The monoisotopic (exact) mass is 411 g/mol. The Labute approximate surface area is 176 Å². The average molecular weight is 412 g/mol. The molecule has 3 aromatic rings. The van der Waals surface area contributed by atoms with Crippen molar-refractivity contribution in [1.29, 1.82) is 0 Å². The van der Waals surface area contributed by atoms with E-state index in [4.69, 9.17) is 0 Å². The molecule has 0 aliphatic rings. The maximum atomic E-state index is 13.6. The van der Waals surface area contributed by atoms with Crippen LogP contribution in [0.5, 0.6) is 0 Å². The van der Waals surface area contributed by atoms with Crippen LogP contribution < -0.4 is 5.32 Å². The Morgan fingerprint density at radius 1 is 1.21 bits per heavy atom. The van der Waals surface area contributed by atoms with Crippen LogP contribution in [0, 0.1) is 5.82 Å². The molecule has 1 unspecified atom stereocenters. The first-order valence-electron chi connectivity index (χ1n) is 9.87. The molecule has 3 rings (SSSR count). The number of benzene rings is 2. The SMILES string of the molecule is CCCCc1ncc(CNC(=O)C(S)c2ccccc2)n1Cc1cccc(F)c1. The van der Waals surface area contributed by atoms with E-state index in [1.807, 2.05) is 36.4 Å². The summed E-state index contributed by atoms with van der Waals surface area (Å²) >= 11 is 4.45. The van der Waals surface area contributed by atoms with Crippen molar-refractivity contribution in [3.8, 4) is 0 Å². The first-order chi connectivity index (χ1) is 14.1. The zero-order valence-corrected chi connectivity index (χ0v) is 17.4. The van der Waals surface area contributed by atoms with Crippen molar-refractivity contribution in [2.45, 2.75) is 44.5 Å². The van der Waals surface area contributed by atoms with Crippen LogP contribution in [-0.4, -0.2) is 15.5 Å². The zero-order valence-electron chi connectivity index (χ0n) is 16.5. The average Bonchev–Trinajstić information content (AvgIpc) is 3.12. The van der Waals surface area contributed by atoms with Gasteiger partial charge in [0.05, 0.1) is 18.4 Å². The van der Waals surface area contributed by atoms with Crippen molar-refractivity contribution in [2.24, 2.45) is 0 Å². The number of imidazole rings is 1. The summed E-state index contributed by atoms with van der Waals surface area (Å²) in [5, 5.41) is 2.42. The number of carbonyl (C=O) groups excluding carboxylic acids is 1. The smallest absolute Gasteiger partial charge is 0.237 e. The van der Waals surface area contributed by atoms with Crippen LogP contribution in [0.25, 0.3) is 0 Å². The number of halogens is 1. The van der Waals surface area contributed by atoms with Gasteiger partial charge in [-0.05, 0) is 29.7 Å². The number of aromatic nitrogens is 2. The predicted octanol–water partition coefficient (Wildman–Crippen LogP) is 4.70. The van der Waals surface area contributed by atoms with E-state index in [0.29, 0.717) is 13.1 Å². The summed E-state index contributed by atoms with van der Waals surface area (Å²) in [5.74, 6) is 0.535. The van der Waals surface area contributed by atoms with Crippen LogP contribution in [0.2, 0.25) is 0 Å². The summed E-state index contributed by atoms with van der Waals surface area (Å²) in [6.07, 6.45) is 4.73. The van der Waals surface area contributed by atoms with Gasteiger partial charge in [0.1, 0.15) is 16.9 Å². The fourth-order valence-corrected chi connectivity index (χ4v) is 3.46. The molecular weight excluding hydrogens is 385 g/mol. The highest BCUT2D eigenvalue weighted by Crippen LogP contribution is 2.20. The van der Waals surface area contributed by atoms with Crippen LogP contribution in [0.1, 0.15) is 47.7 Å². The largest absolute Gasteiger partial charge is 0.349 e. The van der Waals surface area contributed by atoms with Crippen LogP contribution in [0.3, 0.4) is 0 Å². The normalized spacial score (nSPS) is 12.0. The Morgan fingerprint density at radius 2 is 2.00 bits per heavy atom. The number of nitrogens with one attached hydrogen (secondary N) is 1. The second-order valence-corrected chi connectivity index (χ2v) is 7.53. The Kier molecular flexibility index (Phi) is 7.47. The highest BCUT2D eigenvalue weighted by atomic mass is 32.1. The van der Waals surface area contributed by atoms with E-state index in [9.17, 15) is 9.18 Å². The van der Waals surface area contributed by atoms with Crippen LogP contribution in [0.4, 0.5) is 4.39 Å². The van der Waals surface area contributed by atoms with Gasteiger partial charge in [-0.25, -0.2) is 9.37 Å². The number of aryl methyl sites for hydroxylation is 1. The maximum Gasteiger partial charge on any atom is 0.237 e. The molecule has 0 saturated carbocycles. The first-order valence-corrected chi connectivity index (χ1v) is 10.4. The summed E-state index contributed by atoms with van der Waals surface area (Å²) in [6.45, 7) is 3.00. The van der Waals surface area contributed by atoms with Crippen molar-refractivity contribution in [3.05, 3.63) is 89.3 Å². The number of unbranched alkanes of at least 4 members (excludes halogenated alkanes) is 1. The predicted molar refractivity (Wildman–Crippen MR) is 116 cm³/mol. The van der Waals surface area contributed by atoms with Crippen LogP contribution in [-0.2, 0) is 24.3 Å². The number of thiol groups is 1. The molecule has 152 valence electrons. The summed E-state index contributed by atoms with van der Waals surface area (Å²) in [4.78, 5) is 17.1. The number of nitrogens with zero attached hydrogens (tertiary/aromatic N) is 2. The van der Waals surface area contributed by atoms with Crippen LogP contribution in [0.15, 0.2) is 60.8 Å². The van der Waals surface area contributed by atoms with Gasteiger partial charge in [0, 0.05) is 13.0 Å². The molecule has 0 spiro atoms. The molecule has 1 atom stereocenters. The minimum absolute atomic E-state index is 0.159. The Balaban J connectivity index is 1.74. The third-order valence-corrected chi connectivity index (χ3v) is 5.34.